The molecule has 0 aromatic heterocycles. The highest BCUT2D eigenvalue weighted by Gasteiger charge is 2.39. The molecule has 26 heteroatoms. The zero-order chi connectivity index (χ0) is 90.2. The fourth-order valence-corrected chi connectivity index (χ4v) is 17.2. The van der Waals surface area contributed by atoms with E-state index in [0.29, 0.717) is 96.7 Å². The van der Waals surface area contributed by atoms with Crippen molar-refractivity contribution < 1.29 is 94.3 Å². The van der Waals surface area contributed by atoms with Crippen LogP contribution in [0, 0.1) is 115 Å². The largest absolute Gasteiger partial charge is 0.484 e. The summed E-state index contributed by atoms with van der Waals surface area (Å²) < 4.78 is 234. The van der Waals surface area contributed by atoms with E-state index in [1.165, 1.54) is 6.92 Å². The first-order valence-electron chi connectivity index (χ1n) is 40.6. The van der Waals surface area contributed by atoms with Crippen molar-refractivity contribution in [3.05, 3.63) is 383 Å². The van der Waals surface area contributed by atoms with Crippen LogP contribution < -0.4 is 52.4 Å². The minimum atomic E-state index is -1.26. The van der Waals surface area contributed by atoms with Gasteiger partial charge in [-0.3, -0.25) is 4.79 Å². The second kappa shape index (κ2) is 35.4. The third kappa shape index (κ3) is 17.6. The van der Waals surface area contributed by atoms with Crippen LogP contribution in [0.5, 0.6) is 28.7 Å². The highest BCUT2D eigenvalue weighted by molar-refractivity contribution is 6.00. The third-order valence-electron chi connectivity index (χ3n) is 23.6. The molecule has 0 bridgehead atoms. The Labute approximate surface area is 718 Å². The number of hydrogen-bond donors (Lipinski definition) is 5. The molecule has 15 aromatic rings. The zero-order valence-electron chi connectivity index (χ0n) is 68.5. The molecule has 0 aliphatic carbocycles. The van der Waals surface area contributed by atoms with Gasteiger partial charge in [0.2, 0.25) is 0 Å². The van der Waals surface area contributed by atoms with Gasteiger partial charge in [0.15, 0.2) is 64.0 Å². The summed E-state index contributed by atoms with van der Waals surface area (Å²) in [6.07, 6.45) is -2.21. The SMILES string of the molecule is CC(=O)c1ccc2c3c(ccc2c1)O[C@H](c1cc(F)c(F)cc1F)[C@@H](N)C3.Cc1ccc2c3c(ccc2c1)O[C@H](c1cc(F)c(F)cc1F)[C@@H](N)C3.Cc1ccc2c3c(ccc2c1)O[C@H](c1cc(F)c(F)cc1F)[C@@H](N)C3.Cc1ccc2ccc3c(c2c1)C[C@H](N)[C@@H](c1cc(F)c(F)cc1F)O3.Cc1ccc2ccc3c(c2c1)C[C@H](N)[C@@H](c1cc(F)c(F)cc1F)O3. The molecule has 5 aliphatic heterocycles. The Morgan fingerprint density at radius 1 is 0.236 bits per heavy atom. The standard InChI is InChI=1S/C21H16F3NO2.4C20H16F3NO/c1-10(26)11-2-4-13-12(6-11)3-5-20-14(13)8-19(25)21(27-20)15-7-17(23)18(24)9-16(15)22;2*1-10-2-4-12-11(6-10)3-5-19-13(12)8-18(24)20(25-19)14-7-16(22)17(23)9-15(14)21;2*1-10-2-3-11-4-5-19-13(12(11)6-10)8-18(24)20(25-19)14-7-16(22)17(23)9-15(14)21/h2-7,9,19,21H,8,25H2,1H3;4*2-7,9,18,20H,8,24H2,1H3/t19-,21+;4*18-,20+/m00000/s1. The van der Waals surface area contributed by atoms with Crippen molar-refractivity contribution in [2.75, 3.05) is 0 Å². The number of ketones is 1. The summed E-state index contributed by atoms with van der Waals surface area (Å²) in [5.74, 6) is -13.3. The van der Waals surface area contributed by atoms with E-state index in [0.717, 1.165) is 134 Å². The molecule has 0 radical (unpaired) electrons. The highest BCUT2D eigenvalue weighted by atomic mass is 19.2. The maximum absolute atomic E-state index is 14.2. The number of carbonyl (C=O) groups is 1. The average Bonchev–Trinajstić information content (AvgIpc) is 0.741. The van der Waals surface area contributed by atoms with Gasteiger partial charge in [-0.2, -0.15) is 0 Å². The zero-order valence-corrected chi connectivity index (χ0v) is 68.5. The molecular formula is C101H80F15N5O6. The fourth-order valence-electron chi connectivity index (χ4n) is 17.2. The summed E-state index contributed by atoms with van der Waals surface area (Å²) in [6.45, 7) is 9.54. The van der Waals surface area contributed by atoms with Crippen LogP contribution >= 0.6 is 0 Å². The molecule has 0 saturated carbocycles. The van der Waals surface area contributed by atoms with E-state index in [-0.39, 0.29) is 33.6 Å². The van der Waals surface area contributed by atoms with Crippen LogP contribution in [0.3, 0.4) is 0 Å². The van der Waals surface area contributed by atoms with Crippen LogP contribution in [0.1, 0.15) is 126 Å². The van der Waals surface area contributed by atoms with Gasteiger partial charge in [-0.15, -0.1) is 0 Å². The number of ether oxygens (including phenoxy) is 5. The van der Waals surface area contributed by atoms with E-state index in [9.17, 15) is 70.7 Å². The van der Waals surface area contributed by atoms with Crippen LogP contribution in [0.25, 0.3) is 53.9 Å². The Bertz CT molecular complexity index is 6600. The van der Waals surface area contributed by atoms with E-state index in [1.54, 1.807) is 24.3 Å². The Hall–Kier alpha value is -13.0. The molecule has 0 saturated heterocycles. The summed E-state index contributed by atoms with van der Waals surface area (Å²) in [7, 11) is 0. The number of rotatable bonds is 6. The van der Waals surface area contributed by atoms with E-state index in [4.69, 9.17) is 52.4 Å². The molecule has 5 heterocycles. The second-order valence-electron chi connectivity index (χ2n) is 32.6. The van der Waals surface area contributed by atoms with Crippen molar-refractivity contribution in [1.82, 2.24) is 0 Å². The monoisotopic (exact) mass is 1740 g/mol. The maximum atomic E-state index is 14.2. The van der Waals surface area contributed by atoms with Gasteiger partial charge in [-0.1, -0.05) is 138 Å². The van der Waals surface area contributed by atoms with Crippen molar-refractivity contribution in [1.29, 1.82) is 0 Å². The molecule has 127 heavy (non-hydrogen) atoms. The molecule has 11 nitrogen and oxygen atoms in total. The summed E-state index contributed by atoms with van der Waals surface area (Å²) in [5.41, 5.74) is 40.4. The van der Waals surface area contributed by atoms with E-state index < -0.39 is 148 Å². The lowest BCUT2D eigenvalue weighted by atomic mass is 9.89. The number of carbonyl (C=O) groups excluding carboxylic acids is 1. The van der Waals surface area contributed by atoms with Gasteiger partial charge in [0.1, 0.15) is 88.4 Å². The molecule has 10 N–H and O–H groups in total. The van der Waals surface area contributed by atoms with Gasteiger partial charge < -0.3 is 52.4 Å². The number of Topliss-reactive ketones (excluding diaryl/α,β-unsaturated/α-hetero) is 1. The quantitative estimate of drug-likeness (QED) is 0.0604. The fraction of sp³-hybridized carbons (Fsp3) is 0.198. The molecule has 5 aliphatic rings. The normalized spacial score (nSPS) is 19.4. The first kappa shape index (κ1) is 87.5. The molecule has 0 fully saturated rings. The molecule has 0 spiro atoms. The minimum absolute atomic E-state index is 0.0311. The van der Waals surface area contributed by atoms with E-state index >= 15 is 0 Å². The third-order valence-corrected chi connectivity index (χ3v) is 23.6. The van der Waals surface area contributed by atoms with E-state index in [2.05, 4.69) is 24.3 Å². The van der Waals surface area contributed by atoms with Gasteiger partial charge in [0.25, 0.3) is 0 Å². The first-order chi connectivity index (χ1) is 60.6. The first-order valence-corrected chi connectivity index (χ1v) is 40.6. The highest BCUT2D eigenvalue weighted by Crippen LogP contribution is 2.47. The van der Waals surface area contributed by atoms with Crippen LogP contribution in [-0.4, -0.2) is 36.0 Å². The smallest absolute Gasteiger partial charge is 0.161 e. The number of benzene rings is 15. The van der Waals surface area contributed by atoms with Gasteiger partial charge in [0.05, 0.1) is 30.2 Å². The van der Waals surface area contributed by atoms with Crippen molar-refractivity contribution in [3.8, 4) is 28.7 Å². The van der Waals surface area contributed by atoms with Crippen LogP contribution in [0.2, 0.25) is 0 Å². The Balaban J connectivity index is 0.000000117. The number of hydrogen-bond acceptors (Lipinski definition) is 11. The number of aryl methyl sites for hydroxylation is 4. The van der Waals surface area contributed by atoms with Crippen LogP contribution in [0.15, 0.2) is 212 Å². The number of halogens is 15. The molecule has 0 amide bonds. The topological polar surface area (TPSA) is 193 Å². The summed E-state index contributed by atoms with van der Waals surface area (Å²) in [6, 6.07) is 52.0. The maximum Gasteiger partial charge on any atom is 0.161 e. The van der Waals surface area contributed by atoms with Crippen LogP contribution in [0.4, 0.5) is 65.9 Å². The number of nitrogens with two attached hydrogens (primary N) is 5. The lowest BCUT2D eigenvalue weighted by Gasteiger charge is -2.32. The predicted molar refractivity (Wildman–Crippen MR) is 456 cm³/mol. The second-order valence-corrected chi connectivity index (χ2v) is 32.6. The minimum Gasteiger partial charge on any atom is -0.484 e. The lowest BCUT2D eigenvalue weighted by molar-refractivity contribution is 0.101. The van der Waals surface area contributed by atoms with Gasteiger partial charge in [0, 0.05) is 91.5 Å². The predicted octanol–water partition coefficient (Wildman–Crippen LogP) is 22.7. The molecule has 15 aromatic carbocycles. The molecular weight excluding hydrogens is 1660 g/mol. The van der Waals surface area contributed by atoms with Crippen LogP contribution in [-0.2, 0) is 32.1 Å². The van der Waals surface area contributed by atoms with Crippen molar-refractivity contribution in [2.24, 2.45) is 28.7 Å². The lowest BCUT2D eigenvalue weighted by Crippen LogP contribution is -2.38. The molecule has 10 atom stereocenters. The Morgan fingerprint density at radius 2 is 0.441 bits per heavy atom. The van der Waals surface area contributed by atoms with E-state index in [1.807, 2.05) is 131 Å². The average molecular weight is 1740 g/mol. The summed E-state index contributed by atoms with van der Waals surface area (Å²) >= 11 is 0. The van der Waals surface area contributed by atoms with Crippen molar-refractivity contribution in [3.63, 3.8) is 0 Å². The van der Waals surface area contributed by atoms with Crippen molar-refractivity contribution >= 4 is 59.6 Å². The molecule has 20 rings (SSSR count). The Morgan fingerprint density at radius 3 is 0.701 bits per heavy atom. The molecule has 650 valence electrons. The number of fused-ring (bicyclic) bond motifs is 15. The van der Waals surface area contributed by atoms with Gasteiger partial charge in [-0.25, -0.2) is 65.9 Å². The van der Waals surface area contributed by atoms with Gasteiger partial charge >= 0.3 is 0 Å². The summed E-state index contributed by atoms with van der Waals surface area (Å²) in [5, 5.41) is 10.2. The summed E-state index contributed by atoms with van der Waals surface area (Å²) in [4.78, 5) is 11.6. The molecule has 0 unspecified atom stereocenters. The Kier molecular flexibility index (Phi) is 24.4. The van der Waals surface area contributed by atoms with Crippen molar-refractivity contribution in [2.45, 2.75) is 127 Å². The van der Waals surface area contributed by atoms with Gasteiger partial charge in [-0.05, 0) is 187 Å².